The summed E-state index contributed by atoms with van der Waals surface area (Å²) in [6.07, 6.45) is 1.57. The summed E-state index contributed by atoms with van der Waals surface area (Å²) in [6, 6.07) is 9.94. The van der Waals surface area contributed by atoms with Crippen LogP contribution >= 0.6 is 11.6 Å². The van der Waals surface area contributed by atoms with Crippen LogP contribution in [0, 0.1) is 6.92 Å². The van der Waals surface area contributed by atoms with Crippen LogP contribution in [0.15, 0.2) is 36.5 Å². The van der Waals surface area contributed by atoms with Crippen molar-refractivity contribution in [1.82, 2.24) is 9.97 Å². The minimum Gasteiger partial charge on any atom is -0.251 e. The van der Waals surface area contributed by atoms with E-state index in [2.05, 4.69) is 9.97 Å². The number of hydrogen-bond donors (Lipinski definition) is 0. The van der Waals surface area contributed by atoms with E-state index in [1.807, 2.05) is 37.3 Å². The zero-order valence-electron chi connectivity index (χ0n) is 7.74. The Balaban J connectivity index is 2.53. The highest BCUT2D eigenvalue weighted by atomic mass is 35.5. The Morgan fingerprint density at radius 1 is 1.14 bits per heavy atom. The van der Waals surface area contributed by atoms with Gasteiger partial charge in [-0.2, -0.15) is 0 Å². The number of aryl methyl sites for hydroxylation is 1. The summed E-state index contributed by atoms with van der Waals surface area (Å²) < 4.78 is 0. The van der Waals surface area contributed by atoms with Gasteiger partial charge in [-0.05, 0) is 6.92 Å². The smallest absolute Gasteiger partial charge is 0.147 e. The second-order valence-electron chi connectivity index (χ2n) is 2.99. The molecule has 2 nitrogen and oxygen atoms in total. The van der Waals surface area contributed by atoms with Crippen LogP contribution in [0.3, 0.4) is 0 Å². The first kappa shape index (κ1) is 9.16. The minimum atomic E-state index is 0.433. The van der Waals surface area contributed by atoms with Gasteiger partial charge < -0.3 is 0 Å². The van der Waals surface area contributed by atoms with Crippen molar-refractivity contribution in [3.8, 4) is 11.3 Å². The Morgan fingerprint density at radius 2 is 1.86 bits per heavy atom. The second-order valence-corrected chi connectivity index (χ2v) is 3.38. The molecule has 0 bridgehead atoms. The van der Waals surface area contributed by atoms with Gasteiger partial charge in [0.1, 0.15) is 5.15 Å². The topological polar surface area (TPSA) is 25.8 Å². The van der Waals surface area contributed by atoms with E-state index in [0.717, 1.165) is 17.0 Å². The van der Waals surface area contributed by atoms with E-state index in [0.29, 0.717) is 5.15 Å². The van der Waals surface area contributed by atoms with Gasteiger partial charge in [-0.3, -0.25) is 4.98 Å². The molecule has 2 aromatic rings. The number of benzene rings is 1. The summed E-state index contributed by atoms with van der Waals surface area (Å²) in [6.45, 7) is 1.90. The molecule has 0 spiro atoms. The van der Waals surface area contributed by atoms with Gasteiger partial charge in [0.25, 0.3) is 0 Å². The van der Waals surface area contributed by atoms with Crippen molar-refractivity contribution >= 4 is 11.6 Å². The Labute approximate surface area is 87.6 Å². The average Bonchev–Trinajstić information content (AvgIpc) is 2.19. The second kappa shape index (κ2) is 3.76. The van der Waals surface area contributed by atoms with Crippen LogP contribution in [0.2, 0.25) is 5.15 Å². The van der Waals surface area contributed by atoms with Crippen LogP contribution in [0.1, 0.15) is 5.69 Å². The van der Waals surface area contributed by atoms with E-state index in [4.69, 9.17) is 11.6 Å². The molecule has 2 rings (SSSR count). The fraction of sp³-hybridized carbons (Fsp3) is 0.0909. The lowest BCUT2D eigenvalue weighted by Crippen LogP contribution is -1.91. The van der Waals surface area contributed by atoms with Gasteiger partial charge in [0.05, 0.1) is 17.6 Å². The molecule has 70 valence electrons. The molecule has 0 aliphatic carbocycles. The van der Waals surface area contributed by atoms with Crippen molar-refractivity contribution in [3.05, 3.63) is 47.4 Å². The maximum absolute atomic E-state index is 5.73. The first-order chi connectivity index (χ1) is 6.77. The lowest BCUT2D eigenvalue weighted by atomic mass is 10.1. The third-order valence-electron chi connectivity index (χ3n) is 1.96. The molecular formula is C11H9ClN2. The highest BCUT2D eigenvalue weighted by molar-refractivity contribution is 6.29. The van der Waals surface area contributed by atoms with E-state index in [-0.39, 0.29) is 0 Å². The summed E-state index contributed by atoms with van der Waals surface area (Å²) in [4.78, 5) is 8.41. The molecule has 1 aromatic heterocycles. The Bertz CT molecular complexity index is 440. The quantitative estimate of drug-likeness (QED) is 0.714. The lowest BCUT2D eigenvalue weighted by molar-refractivity contribution is 1.12. The molecule has 0 unspecified atom stereocenters. The fourth-order valence-electron chi connectivity index (χ4n) is 1.33. The van der Waals surface area contributed by atoms with Crippen molar-refractivity contribution in [2.24, 2.45) is 0 Å². The normalized spacial score (nSPS) is 10.1. The maximum Gasteiger partial charge on any atom is 0.147 e. The van der Waals surface area contributed by atoms with Crippen molar-refractivity contribution in [3.63, 3.8) is 0 Å². The maximum atomic E-state index is 5.73. The van der Waals surface area contributed by atoms with E-state index in [1.165, 1.54) is 0 Å². The van der Waals surface area contributed by atoms with Crippen LogP contribution in [0.5, 0.6) is 0 Å². The Morgan fingerprint density at radius 3 is 2.50 bits per heavy atom. The molecule has 14 heavy (non-hydrogen) atoms. The van der Waals surface area contributed by atoms with Crippen molar-refractivity contribution in [2.45, 2.75) is 6.92 Å². The first-order valence-corrected chi connectivity index (χ1v) is 4.70. The predicted octanol–water partition coefficient (Wildman–Crippen LogP) is 3.11. The minimum absolute atomic E-state index is 0.433. The molecule has 3 heteroatoms. The highest BCUT2D eigenvalue weighted by Crippen LogP contribution is 2.19. The molecule has 0 saturated carbocycles. The third kappa shape index (κ3) is 1.75. The zero-order valence-corrected chi connectivity index (χ0v) is 8.49. The first-order valence-electron chi connectivity index (χ1n) is 4.32. The lowest BCUT2D eigenvalue weighted by Gasteiger charge is -2.03. The average molecular weight is 205 g/mol. The Hall–Kier alpha value is -1.41. The molecule has 0 saturated heterocycles. The summed E-state index contributed by atoms with van der Waals surface area (Å²) >= 11 is 5.73. The molecule has 1 heterocycles. The standard InChI is InChI=1S/C11H9ClN2/c1-8-11(13-7-10(12)14-8)9-5-3-2-4-6-9/h2-7H,1H3. The summed E-state index contributed by atoms with van der Waals surface area (Å²) in [5.41, 5.74) is 2.80. The van der Waals surface area contributed by atoms with Crippen LogP contribution in [0.4, 0.5) is 0 Å². The summed E-state index contributed by atoms with van der Waals surface area (Å²) in [7, 11) is 0. The van der Waals surface area contributed by atoms with E-state index in [1.54, 1.807) is 6.20 Å². The molecule has 0 atom stereocenters. The van der Waals surface area contributed by atoms with Crippen molar-refractivity contribution < 1.29 is 0 Å². The number of rotatable bonds is 1. The zero-order chi connectivity index (χ0) is 9.97. The SMILES string of the molecule is Cc1nc(Cl)cnc1-c1ccccc1. The highest BCUT2D eigenvalue weighted by Gasteiger charge is 2.03. The fourth-order valence-corrected chi connectivity index (χ4v) is 1.51. The number of aromatic nitrogens is 2. The Kier molecular flexibility index (Phi) is 2.46. The molecule has 0 aliphatic heterocycles. The van der Waals surface area contributed by atoms with Gasteiger partial charge in [0, 0.05) is 5.56 Å². The molecule has 0 radical (unpaired) electrons. The van der Waals surface area contributed by atoms with Crippen molar-refractivity contribution in [2.75, 3.05) is 0 Å². The molecule has 0 amide bonds. The summed E-state index contributed by atoms with van der Waals surface area (Å²) in [5, 5.41) is 0.433. The third-order valence-corrected chi connectivity index (χ3v) is 2.15. The molecule has 0 N–H and O–H groups in total. The van der Waals surface area contributed by atoms with Gasteiger partial charge in [0.2, 0.25) is 0 Å². The monoisotopic (exact) mass is 204 g/mol. The van der Waals surface area contributed by atoms with Crippen LogP contribution < -0.4 is 0 Å². The summed E-state index contributed by atoms with van der Waals surface area (Å²) in [5.74, 6) is 0. The van der Waals surface area contributed by atoms with E-state index in [9.17, 15) is 0 Å². The number of hydrogen-bond acceptors (Lipinski definition) is 2. The largest absolute Gasteiger partial charge is 0.251 e. The van der Waals surface area contributed by atoms with E-state index < -0.39 is 0 Å². The van der Waals surface area contributed by atoms with Gasteiger partial charge in [-0.1, -0.05) is 41.9 Å². The molecule has 0 fully saturated rings. The van der Waals surface area contributed by atoms with Crippen LogP contribution in [-0.4, -0.2) is 9.97 Å². The van der Waals surface area contributed by atoms with Gasteiger partial charge in [-0.15, -0.1) is 0 Å². The van der Waals surface area contributed by atoms with Crippen molar-refractivity contribution in [1.29, 1.82) is 0 Å². The predicted molar refractivity (Wildman–Crippen MR) is 57.2 cm³/mol. The van der Waals surface area contributed by atoms with Gasteiger partial charge in [-0.25, -0.2) is 4.98 Å². The van der Waals surface area contributed by atoms with Crippen LogP contribution in [-0.2, 0) is 0 Å². The van der Waals surface area contributed by atoms with E-state index >= 15 is 0 Å². The molecular weight excluding hydrogens is 196 g/mol. The number of nitrogens with zero attached hydrogens (tertiary/aromatic N) is 2. The number of halogens is 1. The molecule has 1 aromatic carbocycles. The van der Waals surface area contributed by atoms with Gasteiger partial charge >= 0.3 is 0 Å². The van der Waals surface area contributed by atoms with Crippen LogP contribution in [0.25, 0.3) is 11.3 Å². The van der Waals surface area contributed by atoms with Gasteiger partial charge in [0.15, 0.2) is 0 Å². The molecule has 0 aliphatic rings.